The number of fused-ring (bicyclic) bond motifs is 1. The summed E-state index contributed by atoms with van der Waals surface area (Å²) in [5.41, 5.74) is 2.63. The van der Waals surface area contributed by atoms with Crippen molar-refractivity contribution in [3.8, 4) is 11.5 Å². The largest absolute Gasteiger partial charge is 0.454 e. The summed E-state index contributed by atoms with van der Waals surface area (Å²) >= 11 is 0. The molecule has 0 atom stereocenters. The molecule has 0 radical (unpaired) electrons. The Morgan fingerprint density at radius 3 is 2.57 bits per heavy atom. The van der Waals surface area contributed by atoms with Gasteiger partial charge in [-0.1, -0.05) is 25.5 Å². The van der Waals surface area contributed by atoms with Crippen LogP contribution in [0.3, 0.4) is 0 Å². The maximum Gasteiger partial charge on any atom is 0.254 e. The van der Waals surface area contributed by atoms with Gasteiger partial charge in [0, 0.05) is 24.3 Å². The van der Waals surface area contributed by atoms with Crippen molar-refractivity contribution in [3.63, 3.8) is 0 Å². The Hall–Kier alpha value is -3.02. The fourth-order valence-corrected chi connectivity index (χ4v) is 3.40. The zero-order chi connectivity index (χ0) is 19.5. The molecule has 0 unspecified atom stereocenters. The number of hydrogen-bond acceptors (Lipinski definition) is 4. The number of nitrogens with one attached hydrogen (secondary N) is 1. The zero-order valence-electron chi connectivity index (χ0n) is 15.9. The minimum Gasteiger partial charge on any atom is -0.454 e. The van der Waals surface area contributed by atoms with E-state index in [-0.39, 0.29) is 24.5 Å². The molecule has 0 aliphatic carbocycles. The van der Waals surface area contributed by atoms with Crippen LogP contribution in [0.4, 0.5) is 5.69 Å². The average Bonchev–Trinajstić information content (AvgIpc) is 3.14. The Labute approximate surface area is 164 Å². The van der Waals surface area contributed by atoms with Crippen LogP contribution < -0.4 is 14.8 Å². The van der Waals surface area contributed by atoms with Gasteiger partial charge in [-0.15, -0.1) is 0 Å². The third-order valence-electron chi connectivity index (χ3n) is 5.20. The topological polar surface area (TPSA) is 67.9 Å². The third-order valence-corrected chi connectivity index (χ3v) is 5.20. The molecule has 0 saturated carbocycles. The lowest BCUT2D eigenvalue weighted by Gasteiger charge is -2.38. The Morgan fingerprint density at radius 2 is 1.82 bits per heavy atom. The molecule has 2 aliphatic heterocycles. The van der Waals surface area contributed by atoms with E-state index in [9.17, 15) is 9.59 Å². The van der Waals surface area contributed by atoms with Gasteiger partial charge in [-0.05, 0) is 48.7 Å². The number of rotatable bonds is 6. The zero-order valence-corrected chi connectivity index (χ0v) is 15.9. The fourth-order valence-electron chi connectivity index (χ4n) is 3.40. The normalized spacial score (nSPS) is 15.2. The Balaban J connectivity index is 1.28. The van der Waals surface area contributed by atoms with Crippen molar-refractivity contribution < 1.29 is 19.1 Å². The predicted molar refractivity (Wildman–Crippen MR) is 106 cm³/mol. The standard InChI is InChI=1S/C22H24N2O4/c1-2-3-4-15-5-8-18(9-6-15)23-21(25)17-12-24(13-17)22(26)16-7-10-19-20(11-16)28-14-27-19/h5-11,17H,2-4,12-14H2,1H3,(H,23,25). The van der Waals surface area contributed by atoms with E-state index in [1.165, 1.54) is 18.4 Å². The Morgan fingerprint density at radius 1 is 1.07 bits per heavy atom. The first-order chi connectivity index (χ1) is 13.6. The van der Waals surface area contributed by atoms with Gasteiger partial charge in [0.05, 0.1) is 5.92 Å². The number of likely N-dealkylation sites (tertiary alicyclic amines) is 1. The number of nitrogens with zero attached hydrogens (tertiary/aromatic N) is 1. The molecular formula is C22H24N2O4. The highest BCUT2D eigenvalue weighted by Gasteiger charge is 2.36. The van der Waals surface area contributed by atoms with Crippen molar-refractivity contribution in [1.29, 1.82) is 0 Å². The summed E-state index contributed by atoms with van der Waals surface area (Å²) in [7, 11) is 0. The highest BCUT2D eigenvalue weighted by molar-refractivity contribution is 5.99. The summed E-state index contributed by atoms with van der Waals surface area (Å²) in [5.74, 6) is 0.914. The molecule has 0 aromatic heterocycles. The van der Waals surface area contributed by atoms with E-state index in [0.29, 0.717) is 30.2 Å². The van der Waals surface area contributed by atoms with Crippen LogP contribution in [0.25, 0.3) is 0 Å². The van der Waals surface area contributed by atoms with Crippen molar-refractivity contribution in [2.24, 2.45) is 5.92 Å². The van der Waals surface area contributed by atoms with Crippen molar-refractivity contribution >= 4 is 17.5 Å². The number of anilines is 1. The molecule has 1 fully saturated rings. The molecule has 2 aliphatic rings. The second kappa shape index (κ2) is 7.92. The van der Waals surface area contributed by atoms with Gasteiger partial charge < -0.3 is 19.7 Å². The number of hydrogen-bond donors (Lipinski definition) is 1. The summed E-state index contributed by atoms with van der Waals surface area (Å²) in [6, 6.07) is 13.2. The highest BCUT2D eigenvalue weighted by atomic mass is 16.7. The molecule has 2 aromatic carbocycles. The average molecular weight is 380 g/mol. The minimum atomic E-state index is -0.183. The Kier molecular flexibility index (Phi) is 5.19. The molecule has 146 valence electrons. The first kappa shape index (κ1) is 18.3. The van der Waals surface area contributed by atoms with Crippen LogP contribution >= 0.6 is 0 Å². The number of unbranched alkanes of at least 4 members (excludes halogenated alkanes) is 1. The minimum absolute atomic E-state index is 0.0453. The second-order valence-electron chi connectivity index (χ2n) is 7.26. The predicted octanol–water partition coefficient (Wildman–Crippen LogP) is 3.47. The molecule has 2 aromatic rings. The second-order valence-corrected chi connectivity index (χ2v) is 7.26. The van der Waals surface area contributed by atoms with E-state index >= 15 is 0 Å². The fraction of sp³-hybridized carbons (Fsp3) is 0.364. The number of ether oxygens (including phenoxy) is 2. The van der Waals surface area contributed by atoms with Gasteiger partial charge in [-0.2, -0.15) is 0 Å². The van der Waals surface area contributed by atoms with Crippen LogP contribution in [-0.2, 0) is 11.2 Å². The molecule has 2 amide bonds. The number of carbonyl (C=O) groups excluding carboxylic acids is 2. The molecule has 6 nitrogen and oxygen atoms in total. The molecule has 4 rings (SSSR count). The monoisotopic (exact) mass is 380 g/mol. The summed E-state index contributed by atoms with van der Waals surface area (Å²) in [6.45, 7) is 3.20. The maximum absolute atomic E-state index is 12.6. The molecule has 2 heterocycles. The van der Waals surface area contributed by atoms with Crippen LogP contribution in [0.2, 0.25) is 0 Å². The SMILES string of the molecule is CCCCc1ccc(NC(=O)C2CN(C(=O)c3ccc4c(c3)OCO4)C2)cc1. The summed E-state index contributed by atoms with van der Waals surface area (Å²) in [4.78, 5) is 26.7. The van der Waals surface area contributed by atoms with Crippen LogP contribution in [0.5, 0.6) is 11.5 Å². The van der Waals surface area contributed by atoms with Gasteiger partial charge in [0.2, 0.25) is 12.7 Å². The van der Waals surface area contributed by atoms with Crippen LogP contribution in [0.15, 0.2) is 42.5 Å². The van der Waals surface area contributed by atoms with Gasteiger partial charge in [0.15, 0.2) is 11.5 Å². The smallest absolute Gasteiger partial charge is 0.254 e. The molecule has 1 saturated heterocycles. The molecule has 6 heteroatoms. The number of amides is 2. The van der Waals surface area contributed by atoms with E-state index in [1.807, 2.05) is 12.1 Å². The van der Waals surface area contributed by atoms with Gasteiger partial charge >= 0.3 is 0 Å². The summed E-state index contributed by atoms with van der Waals surface area (Å²) < 4.78 is 10.6. The summed E-state index contributed by atoms with van der Waals surface area (Å²) in [5, 5.41) is 2.95. The first-order valence-electron chi connectivity index (χ1n) is 9.73. The van der Waals surface area contributed by atoms with E-state index in [4.69, 9.17) is 9.47 Å². The Bertz CT molecular complexity index is 873. The van der Waals surface area contributed by atoms with Gasteiger partial charge in [-0.3, -0.25) is 9.59 Å². The molecule has 0 spiro atoms. The van der Waals surface area contributed by atoms with Crippen molar-refractivity contribution in [2.75, 3.05) is 25.2 Å². The number of benzene rings is 2. The van der Waals surface area contributed by atoms with Crippen molar-refractivity contribution in [1.82, 2.24) is 4.90 Å². The number of aryl methyl sites for hydroxylation is 1. The molecule has 1 N–H and O–H groups in total. The lowest BCUT2D eigenvalue weighted by Crippen LogP contribution is -2.54. The molecule has 28 heavy (non-hydrogen) atoms. The highest BCUT2D eigenvalue weighted by Crippen LogP contribution is 2.33. The van der Waals surface area contributed by atoms with Crippen LogP contribution in [0.1, 0.15) is 35.7 Å². The lowest BCUT2D eigenvalue weighted by atomic mass is 9.97. The van der Waals surface area contributed by atoms with Crippen molar-refractivity contribution in [2.45, 2.75) is 26.2 Å². The maximum atomic E-state index is 12.6. The van der Waals surface area contributed by atoms with Gasteiger partial charge in [0.1, 0.15) is 0 Å². The van der Waals surface area contributed by atoms with Crippen LogP contribution in [0, 0.1) is 5.92 Å². The van der Waals surface area contributed by atoms with E-state index in [1.54, 1.807) is 23.1 Å². The molecule has 0 bridgehead atoms. The molecular weight excluding hydrogens is 356 g/mol. The third kappa shape index (κ3) is 3.81. The van der Waals surface area contributed by atoms with Gasteiger partial charge in [0.25, 0.3) is 5.91 Å². The summed E-state index contributed by atoms with van der Waals surface area (Å²) in [6.07, 6.45) is 3.40. The first-order valence-corrected chi connectivity index (χ1v) is 9.73. The lowest BCUT2D eigenvalue weighted by molar-refractivity contribution is -0.123. The van der Waals surface area contributed by atoms with E-state index < -0.39 is 0 Å². The van der Waals surface area contributed by atoms with Gasteiger partial charge in [-0.25, -0.2) is 0 Å². The van der Waals surface area contributed by atoms with E-state index in [2.05, 4.69) is 24.4 Å². The van der Waals surface area contributed by atoms with Crippen LogP contribution in [-0.4, -0.2) is 36.6 Å². The quantitative estimate of drug-likeness (QED) is 0.833. The number of carbonyl (C=O) groups is 2. The van der Waals surface area contributed by atoms with Crippen molar-refractivity contribution in [3.05, 3.63) is 53.6 Å². The van der Waals surface area contributed by atoms with E-state index in [0.717, 1.165) is 12.1 Å².